The number of ether oxygens (including phenoxy) is 2. The number of benzene rings is 2. The Bertz CT molecular complexity index is 744. The molecule has 1 amide bonds. The van der Waals surface area contributed by atoms with Gasteiger partial charge >= 0.3 is 0 Å². The van der Waals surface area contributed by atoms with Crippen molar-refractivity contribution in [2.24, 2.45) is 0 Å². The fourth-order valence-electron chi connectivity index (χ4n) is 2.52. The molecule has 0 aliphatic heterocycles. The Kier molecular flexibility index (Phi) is 6.26. The third-order valence-electron chi connectivity index (χ3n) is 3.76. The number of aryl methyl sites for hydroxylation is 2. The van der Waals surface area contributed by atoms with Gasteiger partial charge in [-0.1, -0.05) is 25.1 Å². The highest BCUT2D eigenvalue weighted by Gasteiger charge is 2.17. The van der Waals surface area contributed by atoms with Gasteiger partial charge in [-0.2, -0.15) is 0 Å². The average molecular weight is 392 g/mol. The Morgan fingerprint density at radius 1 is 1.25 bits per heavy atom. The van der Waals surface area contributed by atoms with Gasteiger partial charge in [0, 0.05) is 11.3 Å². The Balaban J connectivity index is 2.36. The molecule has 2 rings (SSSR count). The molecule has 24 heavy (non-hydrogen) atoms. The van der Waals surface area contributed by atoms with Gasteiger partial charge in [-0.3, -0.25) is 4.79 Å². The number of methoxy groups -OCH3 is 1. The summed E-state index contributed by atoms with van der Waals surface area (Å²) in [6, 6.07) is 9.45. The fraction of sp³-hybridized carbons (Fsp3) is 0.316. The van der Waals surface area contributed by atoms with E-state index >= 15 is 0 Å². The van der Waals surface area contributed by atoms with Crippen LogP contribution in [0.15, 0.2) is 34.8 Å². The van der Waals surface area contributed by atoms with Gasteiger partial charge in [0.15, 0.2) is 11.5 Å². The molecule has 2 aromatic rings. The molecule has 0 radical (unpaired) electrons. The lowest BCUT2D eigenvalue weighted by Crippen LogP contribution is -2.14. The van der Waals surface area contributed by atoms with Crippen molar-refractivity contribution >= 4 is 27.5 Å². The first-order valence-electron chi connectivity index (χ1n) is 7.91. The zero-order valence-electron chi connectivity index (χ0n) is 14.4. The number of halogens is 1. The standard InChI is InChI=1S/C19H22BrNO3/c1-5-13-9-7-8-12(3)17(13)21-19(22)14-10-15(20)18(24-6-2)16(11-14)23-4/h7-11H,5-6H2,1-4H3,(H,21,22). The number of nitrogens with one attached hydrogen (secondary N) is 1. The van der Waals surface area contributed by atoms with E-state index in [0.29, 0.717) is 28.1 Å². The van der Waals surface area contributed by atoms with Crippen LogP contribution in [0, 0.1) is 6.92 Å². The van der Waals surface area contributed by atoms with Crippen molar-refractivity contribution in [1.82, 2.24) is 0 Å². The van der Waals surface area contributed by atoms with E-state index in [1.807, 2.05) is 32.0 Å². The summed E-state index contributed by atoms with van der Waals surface area (Å²) in [5, 5.41) is 3.02. The van der Waals surface area contributed by atoms with Gasteiger partial charge in [0.05, 0.1) is 18.2 Å². The molecule has 0 heterocycles. The number of carbonyl (C=O) groups is 1. The van der Waals surface area contributed by atoms with E-state index in [2.05, 4.69) is 28.2 Å². The van der Waals surface area contributed by atoms with Gasteiger partial charge in [0.25, 0.3) is 5.91 Å². The van der Waals surface area contributed by atoms with Crippen molar-refractivity contribution in [2.45, 2.75) is 27.2 Å². The van der Waals surface area contributed by atoms with E-state index in [0.717, 1.165) is 23.2 Å². The third-order valence-corrected chi connectivity index (χ3v) is 4.35. The quantitative estimate of drug-likeness (QED) is 0.754. The normalized spacial score (nSPS) is 10.4. The topological polar surface area (TPSA) is 47.6 Å². The van der Waals surface area contributed by atoms with Gasteiger partial charge in [0.2, 0.25) is 0 Å². The summed E-state index contributed by atoms with van der Waals surface area (Å²) in [5.41, 5.74) is 3.53. The first-order chi connectivity index (χ1) is 11.5. The first-order valence-corrected chi connectivity index (χ1v) is 8.71. The van der Waals surface area contributed by atoms with Gasteiger partial charge in [-0.25, -0.2) is 0 Å². The zero-order valence-corrected chi connectivity index (χ0v) is 16.0. The van der Waals surface area contributed by atoms with Crippen molar-refractivity contribution in [3.63, 3.8) is 0 Å². The van der Waals surface area contributed by atoms with Crippen molar-refractivity contribution in [1.29, 1.82) is 0 Å². The van der Waals surface area contributed by atoms with Gasteiger partial charge in [-0.15, -0.1) is 0 Å². The maximum Gasteiger partial charge on any atom is 0.255 e. The van der Waals surface area contributed by atoms with Gasteiger partial charge in [-0.05, 0) is 59.5 Å². The van der Waals surface area contributed by atoms with Crippen LogP contribution in [0.25, 0.3) is 0 Å². The van der Waals surface area contributed by atoms with E-state index in [9.17, 15) is 4.79 Å². The predicted molar refractivity (Wildman–Crippen MR) is 100 cm³/mol. The number of anilines is 1. The highest BCUT2D eigenvalue weighted by atomic mass is 79.9. The summed E-state index contributed by atoms with van der Waals surface area (Å²) >= 11 is 3.45. The molecule has 0 atom stereocenters. The van der Waals surface area contributed by atoms with E-state index in [-0.39, 0.29) is 5.91 Å². The number of hydrogen-bond donors (Lipinski definition) is 1. The second kappa shape index (κ2) is 8.20. The van der Waals surface area contributed by atoms with E-state index in [1.165, 1.54) is 0 Å². The maximum absolute atomic E-state index is 12.7. The molecule has 128 valence electrons. The predicted octanol–water partition coefficient (Wildman–Crippen LogP) is 4.98. The molecule has 0 unspecified atom stereocenters. The lowest BCUT2D eigenvalue weighted by Gasteiger charge is -2.15. The van der Waals surface area contributed by atoms with Crippen molar-refractivity contribution < 1.29 is 14.3 Å². The van der Waals surface area contributed by atoms with Crippen LogP contribution in [0.4, 0.5) is 5.69 Å². The Morgan fingerprint density at radius 3 is 2.62 bits per heavy atom. The van der Waals surface area contributed by atoms with Crippen molar-refractivity contribution in [3.8, 4) is 11.5 Å². The smallest absolute Gasteiger partial charge is 0.255 e. The van der Waals surface area contributed by atoms with Gasteiger partial charge in [0.1, 0.15) is 0 Å². The third kappa shape index (κ3) is 3.90. The SMILES string of the molecule is CCOc1c(Br)cc(C(=O)Nc2c(C)cccc2CC)cc1OC. The first kappa shape index (κ1) is 18.3. The Morgan fingerprint density at radius 2 is 2.00 bits per heavy atom. The maximum atomic E-state index is 12.7. The van der Waals surface area contributed by atoms with Crippen LogP contribution in [0.5, 0.6) is 11.5 Å². The van der Waals surface area contributed by atoms with Crippen molar-refractivity contribution in [3.05, 3.63) is 51.5 Å². The summed E-state index contributed by atoms with van der Waals surface area (Å²) in [5.74, 6) is 0.944. The number of rotatable bonds is 6. The average Bonchev–Trinajstić information content (AvgIpc) is 2.58. The minimum absolute atomic E-state index is 0.180. The molecule has 0 spiro atoms. The van der Waals surface area contributed by atoms with Crippen LogP contribution in [0.3, 0.4) is 0 Å². The van der Waals surface area contributed by atoms with Crippen LogP contribution in [0.2, 0.25) is 0 Å². The highest BCUT2D eigenvalue weighted by molar-refractivity contribution is 9.10. The number of hydrogen-bond acceptors (Lipinski definition) is 3. The largest absolute Gasteiger partial charge is 0.493 e. The molecule has 1 N–H and O–H groups in total. The molecule has 0 aliphatic rings. The van der Waals surface area contributed by atoms with Crippen LogP contribution in [-0.4, -0.2) is 19.6 Å². The summed E-state index contributed by atoms with van der Waals surface area (Å²) in [7, 11) is 1.56. The van der Waals surface area contributed by atoms with E-state index < -0.39 is 0 Å². The molecule has 0 saturated carbocycles. The second-order valence-electron chi connectivity index (χ2n) is 5.34. The van der Waals surface area contributed by atoms with E-state index in [1.54, 1.807) is 19.2 Å². The molecule has 0 bridgehead atoms. The Hall–Kier alpha value is -2.01. The number of amides is 1. The second-order valence-corrected chi connectivity index (χ2v) is 6.19. The van der Waals surface area contributed by atoms with Crippen LogP contribution in [0.1, 0.15) is 35.3 Å². The molecule has 0 aliphatic carbocycles. The minimum Gasteiger partial charge on any atom is -0.493 e. The van der Waals surface area contributed by atoms with Gasteiger partial charge < -0.3 is 14.8 Å². The number of carbonyl (C=O) groups excluding carboxylic acids is 1. The van der Waals surface area contributed by atoms with Crippen molar-refractivity contribution in [2.75, 3.05) is 19.0 Å². The molecular weight excluding hydrogens is 370 g/mol. The molecule has 2 aromatic carbocycles. The molecule has 0 saturated heterocycles. The Labute approximate surface area is 151 Å². The molecule has 4 nitrogen and oxygen atoms in total. The lowest BCUT2D eigenvalue weighted by atomic mass is 10.1. The van der Waals surface area contributed by atoms with Crippen LogP contribution < -0.4 is 14.8 Å². The molecule has 0 aromatic heterocycles. The fourth-order valence-corrected chi connectivity index (χ4v) is 3.08. The minimum atomic E-state index is -0.180. The van der Waals surface area contributed by atoms with E-state index in [4.69, 9.17) is 9.47 Å². The lowest BCUT2D eigenvalue weighted by molar-refractivity contribution is 0.102. The molecule has 0 fully saturated rings. The highest BCUT2D eigenvalue weighted by Crippen LogP contribution is 2.37. The summed E-state index contributed by atoms with van der Waals surface area (Å²) in [6.45, 7) is 6.48. The van der Waals surface area contributed by atoms with Crippen LogP contribution in [-0.2, 0) is 6.42 Å². The zero-order chi connectivity index (χ0) is 17.7. The van der Waals surface area contributed by atoms with Crippen LogP contribution >= 0.6 is 15.9 Å². The molecule has 5 heteroatoms. The molecular formula is C19H22BrNO3. The summed E-state index contributed by atoms with van der Waals surface area (Å²) in [4.78, 5) is 12.7. The monoisotopic (exact) mass is 391 g/mol. The summed E-state index contributed by atoms with van der Waals surface area (Å²) in [6.07, 6.45) is 0.855. The summed E-state index contributed by atoms with van der Waals surface area (Å²) < 4.78 is 11.6. The number of para-hydroxylation sites is 1.